The number of methoxy groups -OCH3 is 2. The summed E-state index contributed by atoms with van der Waals surface area (Å²) in [6.45, 7) is 7.48. The van der Waals surface area contributed by atoms with Gasteiger partial charge in [0.2, 0.25) is 5.91 Å². The minimum atomic E-state index is 0.0146. The van der Waals surface area contributed by atoms with Crippen molar-refractivity contribution in [2.75, 3.05) is 52.4 Å². The molecule has 1 aliphatic rings. The molecule has 0 aliphatic carbocycles. The summed E-state index contributed by atoms with van der Waals surface area (Å²) in [7, 11) is 3.24. The number of amides is 1. The Morgan fingerprint density at radius 1 is 1.07 bits per heavy atom. The number of carbonyl (C=O) groups is 1. The summed E-state index contributed by atoms with van der Waals surface area (Å²) in [6.07, 6.45) is 0. The van der Waals surface area contributed by atoms with Crippen molar-refractivity contribution in [1.29, 1.82) is 0 Å². The highest BCUT2D eigenvalue weighted by Gasteiger charge is 2.18. The topological polar surface area (TPSA) is 97.8 Å². The maximum atomic E-state index is 12.5. The van der Waals surface area contributed by atoms with Gasteiger partial charge in [-0.15, -0.1) is 11.3 Å². The monoisotopic (exact) mass is 561 g/mol. The smallest absolute Gasteiger partial charge is 0.236 e. The molecule has 1 aliphatic heterocycles. The average molecular weight is 562 g/mol. The van der Waals surface area contributed by atoms with Gasteiger partial charge in [-0.2, -0.15) is 0 Å². The quantitative estimate of drug-likeness (QED) is 0.285. The zero-order valence-corrected chi connectivity index (χ0v) is 24.1. The summed E-state index contributed by atoms with van der Waals surface area (Å²) < 4.78 is 16.3. The number of carbonyl (C=O) groups excluding carboxylic acids is 1. The molecule has 0 bridgehead atoms. The van der Waals surface area contributed by atoms with Gasteiger partial charge in [0.15, 0.2) is 11.5 Å². The van der Waals surface area contributed by atoms with Crippen LogP contribution in [-0.2, 0) is 16.1 Å². The molecule has 2 aromatic heterocycles. The third kappa shape index (κ3) is 6.19. The third-order valence-electron chi connectivity index (χ3n) is 6.96. The second-order valence-electron chi connectivity index (χ2n) is 9.67. The van der Waals surface area contributed by atoms with Gasteiger partial charge in [0.1, 0.15) is 11.6 Å². The van der Waals surface area contributed by atoms with Crippen LogP contribution in [0.1, 0.15) is 29.2 Å². The number of aromatic nitrogens is 2. The first kappa shape index (κ1) is 27.8. The maximum absolute atomic E-state index is 12.5. The van der Waals surface area contributed by atoms with Crippen molar-refractivity contribution in [2.45, 2.75) is 26.4 Å². The fraction of sp³-hybridized carbons (Fsp3) is 0.367. The number of hydrogen-bond donors (Lipinski definition) is 2. The second-order valence-corrected chi connectivity index (χ2v) is 10.8. The van der Waals surface area contributed by atoms with E-state index in [2.05, 4.69) is 52.9 Å². The highest BCUT2D eigenvalue weighted by atomic mass is 32.1. The lowest BCUT2D eigenvalue weighted by atomic mass is 10.1. The zero-order valence-electron chi connectivity index (χ0n) is 23.3. The molecular weight excluding hydrogens is 526 g/mol. The SMILES string of the molecule is COc1cc2nc(C)nc(NC(C)c3ccc(-c4ccccc4CNCC(=O)N4CCOCC4)s3)c2cc1OC. The number of hydrogen-bond acceptors (Lipinski definition) is 9. The van der Waals surface area contributed by atoms with Crippen molar-refractivity contribution in [2.24, 2.45) is 0 Å². The van der Waals surface area contributed by atoms with Gasteiger partial charge in [-0.3, -0.25) is 4.79 Å². The summed E-state index contributed by atoms with van der Waals surface area (Å²) >= 11 is 1.75. The number of nitrogens with zero attached hydrogens (tertiary/aromatic N) is 3. The Labute approximate surface area is 238 Å². The summed E-state index contributed by atoms with van der Waals surface area (Å²) in [5.41, 5.74) is 3.11. The zero-order chi connectivity index (χ0) is 28.1. The molecule has 4 aromatic rings. The third-order valence-corrected chi connectivity index (χ3v) is 8.26. The Kier molecular flexibility index (Phi) is 8.78. The van der Waals surface area contributed by atoms with E-state index in [1.807, 2.05) is 30.0 Å². The lowest BCUT2D eigenvalue weighted by molar-refractivity contribution is -0.134. The van der Waals surface area contributed by atoms with Gasteiger partial charge in [-0.05, 0) is 43.2 Å². The minimum Gasteiger partial charge on any atom is -0.493 e. The lowest BCUT2D eigenvalue weighted by Gasteiger charge is -2.27. The Morgan fingerprint density at radius 2 is 1.82 bits per heavy atom. The van der Waals surface area contributed by atoms with Gasteiger partial charge in [-0.1, -0.05) is 24.3 Å². The predicted octanol–water partition coefficient (Wildman–Crippen LogP) is 4.81. The van der Waals surface area contributed by atoms with E-state index in [0.29, 0.717) is 56.7 Å². The molecule has 40 heavy (non-hydrogen) atoms. The largest absolute Gasteiger partial charge is 0.493 e. The van der Waals surface area contributed by atoms with Gasteiger partial charge in [-0.25, -0.2) is 9.97 Å². The molecule has 2 aromatic carbocycles. The highest BCUT2D eigenvalue weighted by Crippen LogP contribution is 2.37. The summed E-state index contributed by atoms with van der Waals surface area (Å²) in [4.78, 5) is 26.0. The molecule has 1 unspecified atom stereocenters. The molecule has 10 heteroatoms. The van der Waals surface area contributed by atoms with Crippen LogP contribution in [0.3, 0.4) is 0 Å². The summed E-state index contributed by atoms with van der Waals surface area (Å²) in [5, 5.41) is 7.80. The van der Waals surface area contributed by atoms with E-state index in [1.54, 1.807) is 25.6 Å². The summed E-state index contributed by atoms with van der Waals surface area (Å²) in [6, 6.07) is 16.5. The highest BCUT2D eigenvalue weighted by molar-refractivity contribution is 7.15. The molecule has 210 valence electrons. The first-order valence-electron chi connectivity index (χ1n) is 13.4. The predicted molar refractivity (Wildman–Crippen MR) is 158 cm³/mol. The minimum absolute atomic E-state index is 0.0146. The fourth-order valence-electron chi connectivity index (χ4n) is 4.83. The van der Waals surface area contributed by atoms with Gasteiger partial charge >= 0.3 is 0 Å². The first-order valence-corrected chi connectivity index (χ1v) is 14.2. The van der Waals surface area contributed by atoms with Crippen LogP contribution in [0, 0.1) is 6.92 Å². The molecule has 2 N–H and O–H groups in total. The summed E-state index contributed by atoms with van der Waals surface area (Å²) in [5.74, 6) is 2.81. The van der Waals surface area contributed by atoms with Crippen LogP contribution < -0.4 is 20.1 Å². The van der Waals surface area contributed by atoms with Crippen LogP contribution in [0.5, 0.6) is 11.5 Å². The van der Waals surface area contributed by atoms with Gasteiger partial charge in [0.05, 0.1) is 45.5 Å². The molecule has 0 radical (unpaired) electrons. The van der Waals surface area contributed by atoms with E-state index in [9.17, 15) is 4.79 Å². The van der Waals surface area contributed by atoms with Crippen LogP contribution in [0.2, 0.25) is 0 Å². The molecule has 1 saturated heterocycles. The van der Waals surface area contributed by atoms with E-state index in [1.165, 1.54) is 9.75 Å². The van der Waals surface area contributed by atoms with Crippen molar-refractivity contribution < 1.29 is 19.0 Å². The maximum Gasteiger partial charge on any atom is 0.236 e. The van der Waals surface area contributed by atoms with Crippen molar-refractivity contribution >= 4 is 34.0 Å². The molecule has 1 fully saturated rings. The normalized spacial score (nSPS) is 14.2. The van der Waals surface area contributed by atoms with Crippen LogP contribution in [0.15, 0.2) is 48.5 Å². The molecule has 0 spiro atoms. The van der Waals surface area contributed by atoms with Crippen molar-refractivity contribution in [3.8, 4) is 21.9 Å². The molecule has 1 atom stereocenters. The number of aryl methyl sites for hydroxylation is 1. The molecule has 0 saturated carbocycles. The van der Waals surface area contributed by atoms with Crippen LogP contribution in [-0.4, -0.2) is 67.8 Å². The number of fused-ring (bicyclic) bond motifs is 1. The standard InChI is InChI=1S/C30H35N5O4S/c1-19(32-30-23-15-25(37-3)26(38-4)16-24(23)33-20(2)34-30)27-9-10-28(40-27)22-8-6-5-7-21(22)17-31-18-29(36)35-11-13-39-14-12-35/h5-10,15-16,19,31H,11-14,17-18H2,1-4H3,(H,32,33,34). The molecule has 5 rings (SSSR count). The second kappa shape index (κ2) is 12.6. The number of morpholine rings is 1. The fourth-order valence-corrected chi connectivity index (χ4v) is 5.90. The Bertz CT molecular complexity index is 1480. The van der Waals surface area contributed by atoms with Crippen molar-refractivity contribution in [3.63, 3.8) is 0 Å². The number of benzene rings is 2. The molecule has 3 heterocycles. The van der Waals surface area contributed by atoms with E-state index >= 15 is 0 Å². The average Bonchev–Trinajstić information content (AvgIpc) is 3.47. The van der Waals surface area contributed by atoms with Gasteiger partial charge in [0, 0.05) is 40.8 Å². The van der Waals surface area contributed by atoms with E-state index in [-0.39, 0.29) is 11.9 Å². The number of nitrogens with one attached hydrogen (secondary N) is 2. The van der Waals surface area contributed by atoms with E-state index in [4.69, 9.17) is 19.2 Å². The van der Waals surface area contributed by atoms with E-state index in [0.717, 1.165) is 27.8 Å². The number of rotatable bonds is 10. The Morgan fingerprint density at radius 3 is 2.60 bits per heavy atom. The molecule has 9 nitrogen and oxygen atoms in total. The Balaban J connectivity index is 1.30. The van der Waals surface area contributed by atoms with Crippen LogP contribution >= 0.6 is 11.3 Å². The van der Waals surface area contributed by atoms with Crippen molar-refractivity contribution in [1.82, 2.24) is 20.2 Å². The lowest BCUT2D eigenvalue weighted by Crippen LogP contribution is -2.44. The van der Waals surface area contributed by atoms with Crippen molar-refractivity contribution in [3.05, 3.63) is 64.8 Å². The van der Waals surface area contributed by atoms with Crippen LogP contribution in [0.4, 0.5) is 5.82 Å². The van der Waals surface area contributed by atoms with Gasteiger partial charge < -0.3 is 29.7 Å². The Hall–Kier alpha value is -3.73. The number of anilines is 1. The first-order chi connectivity index (χ1) is 19.5. The number of ether oxygens (including phenoxy) is 3. The van der Waals surface area contributed by atoms with E-state index < -0.39 is 0 Å². The molecule has 1 amide bonds. The number of thiophene rings is 1. The van der Waals surface area contributed by atoms with Gasteiger partial charge in [0.25, 0.3) is 0 Å². The molecular formula is C30H35N5O4S. The van der Waals surface area contributed by atoms with Crippen LogP contribution in [0.25, 0.3) is 21.3 Å².